The van der Waals surface area contributed by atoms with Gasteiger partial charge < -0.3 is 17.2 Å². The Bertz CT molecular complexity index is 517. The zero-order chi connectivity index (χ0) is 11.2. The summed E-state index contributed by atoms with van der Waals surface area (Å²) in [5.74, 6) is -0.878. The summed E-state index contributed by atoms with van der Waals surface area (Å²) >= 11 is 0. The van der Waals surface area contributed by atoms with Crippen molar-refractivity contribution in [2.45, 2.75) is 0 Å². The fourth-order valence-corrected chi connectivity index (χ4v) is 1.48. The molecule has 5 nitrogen and oxygen atoms in total. The van der Waals surface area contributed by atoms with Crippen molar-refractivity contribution >= 4 is 17.3 Å². The summed E-state index contributed by atoms with van der Waals surface area (Å²) in [7, 11) is 0. The average molecular weight is 203 g/mol. The van der Waals surface area contributed by atoms with Crippen molar-refractivity contribution in [1.29, 1.82) is 0 Å². The number of ketones is 2. The van der Waals surface area contributed by atoms with Crippen LogP contribution in [0, 0.1) is 0 Å². The molecule has 0 amide bonds. The van der Waals surface area contributed by atoms with E-state index in [4.69, 9.17) is 17.2 Å². The molecule has 0 radical (unpaired) electrons. The maximum Gasteiger partial charge on any atom is 0.211 e. The third-order valence-electron chi connectivity index (χ3n) is 2.31. The summed E-state index contributed by atoms with van der Waals surface area (Å²) in [6.45, 7) is 0. The Kier molecular flexibility index (Phi) is 1.76. The maximum atomic E-state index is 11.7. The number of nitrogens with two attached hydrogens (primary N) is 3. The van der Waals surface area contributed by atoms with Gasteiger partial charge in [0.05, 0.1) is 0 Å². The Morgan fingerprint density at radius 1 is 0.800 bits per heavy atom. The quantitative estimate of drug-likeness (QED) is 0.504. The van der Waals surface area contributed by atoms with E-state index < -0.39 is 11.6 Å². The molecule has 0 bridgehead atoms. The molecule has 0 heterocycles. The van der Waals surface area contributed by atoms with Gasteiger partial charge in [-0.2, -0.15) is 0 Å². The van der Waals surface area contributed by atoms with E-state index >= 15 is 0 Å². The second kappa shape index (κ2) is 2.84. The summed E-state index contributed by atoms with van der Waals surface area (Å²) in [6.07, 6.45) is 0. The van der Waals surface area contributed by atoms with Crippen LogP contribution in [0.3, 0.4) is 0 Å². The van der Waals surface area contributed by atoms with Crippen LogP contribution in [-0.4, -0.2) is 11.6 Å². The second-order valence-electron chi connectivity index (χ2n) is 3.29. The van der Waals surface area contributed by atoms with Crippen molar-refractivity contribution in [3.05, 3.63) is 40.7 Å². The number of benzene rings is 1. The van der Waals surface area contributed by atoms with Crippen molar-refractivity contribution in [2.75, 3.05) is 5.73 Å². The molecular weight excluding hydrogens is 194 g/mol. The molecular formula is C10H9N3O2. The maximum absolute atomic E-state index is 11.7. The van der Waals surface area contributed by atoms with E-state index in [9.17, 15) is 9.59 Å². The van der Waals surface area contributed by atoms with Gasteiger partial charge in [-0.3, -0.25) is 9.59 Å². The monoisotopic (exact) mass is 203 g/mol. The largest absolute Gasteiger partial charge is 0.399 e. The number of anilines is 1. The number of hydrogen-bond donors (Lipinski definition) is 3. The molecule has 0 saturated carbocycles. The van der Waals surface area contributed by atoms with E-state index in [-0.39, 0.29) is 22.5 Å². The Morgan fingerprint density at radius 2 is 1.33 bits per heavy atom. The standard InChI is InChI=1S/C10H9N3O2/c11-4-1-2-5-6(3-4)10(15)8(13)7(12)9(5)14/h1-3H,11-13H2. The van der Waals surface area contributed by atoms with Gasteiger partial charge in [-0.25, -0.2) is 0 Å². The van der Waals surface area contributed by atoms with Crippen molar-refractivity contribution in [3.63, 3.8) is 0 Å². The molecule has 15 heavy (non-hydrogen) atoms. The Morgan fingerprint density at radius 3 is 1.93 bits per heavy atom. The highest BCUT2D eigenvalue weighted by Crippen LogP contribution is 2.23. The van der Waals surface area contributed by atoms with E-state index in [1.54, 1.807) is 6.07 Å². The summed E-state index contributed by atoms with van der Waals surface area (Å²) in [4.78, 5) is 23.3. The van der Waals surface area contributed by atoms with E-state index in [0.29, 0.717) is 5.69 Å². The smallest absolute Gasteiger partial charge is 0.211 e. The number of carbonyl (C=O) groups excluding carboxylic acids is 2. The van der Waals surface area contributed by atoms with Gasteiger partial charge in [0.1, 0.15) is 11.4 Å². The van der Waals surface area contributed by atoms with Crippen molar-refractivity contribution in [3.8, 4) is 0 Å². The van der Waals surface area contributed by atoms with E-state index in [2.05, 4.69) is 0 Å². The Hall–Kier alpha value is -2.30. The lowest BCUT2D eigenvalue weighted by atomic mass is 9.90. The minimum absolute atomic E-state index is 0.197. The normalized spacial score (nSPS) is 15.5. The van der Waals surface area contributed by atoms with Crippen molar-refractivity contribution < 1.29 is 9.59 Å². The van der Waals surface area contributed by atoms with Gasteiger partial charge in [-0.1, -0.05) is 0 Å². The lowest BCUT2D eigenvalue weighted by Gasteiger charge is -2.15. The number of hydrogen-bond acceptors (Lipinski definition) is 5. The molecule has 6 N–H and O–H groups in total. The molecule has 0 fully saturated rings. The molecule has 1 aromatic rings. The first-order chi connectivity index (χ1) is 7.02. The number of allylic oxidation sites excluding steroid dienone is 2. The molecule has 1 aliphatic carbocycles. The predicted octanol–water partition coefficient (Wildman–Crippen LogP) is -0.223. The van der Waals surface area contributed by atoms with E-state index in [1.807, 2.05) is 0 Å². The molecule has 0 unspecified atom stereocenters. The molecule has 5 heteroatoms. The SMILES string of the molecule is NC1=C(N)C(=O)c2cc(N)ccc2C1=O. The zero-order valence-electron chi connectivity index (χ0n) is 7.78. The first-order valence-corrected chi connectivity index (χ1v) is 4.26. The van der Waals surface area contributed by atoms with Crippen LogP contribution in [0.2, 0.25) is 0 Å². The molecule has 1 aliphatic rings. The summed E-state index contributed by atoms with van der Waals surface area (Å²) in [5, 5.41) is 0. The van der Waals surface area contributed by atoms with Gasteiger partial charge in [0.15, 0.2) is 0 Å². The van der Waals surface area contributed by atoms with Crippen LogP contribution in [-0.2, 0) is 0 Å². The van der Waals surface area contributed by atoms with Crippen LogP contribution in [0.15, 0.2) is 29.6 Å². The van der Waals surface area contributed by atoms with Gasteiger partial charge in [-0.15, -0.1) is 0 Å². The lowest BCUT2D eigenvalue weighted by molar-refractivity contribution is 0.0972. The molecule has 0 spiro atoms. The molecule has 76 valence electrons. The van der Waals surface area contributed by atoms with E-state index in [1.165, 1.54) is 12.1 Å². The first-order valence-electron chi connectivity index (χ1n) is 4.26. The first kappa shape index (κ1) is 9.26. The number of Topliss-reactive ketones (excluding diaryl/α,β-unsaturated/α-hetero) is 2. The summed E-state index contributed by atoms with van der Waals surface area (Å²) in [5.41, 5.74) is 16.8. The van der Waals surface area contributed by atoms with Crippen LogP contribution >= 0.6 is 0 Å². The van der Waals surface area contributed by atoms with Gasteiger partial charge in [0.2, 0.25) is 11.6 Å². The Labute approximate surface area is 85.5 Å². The highest BCUT2D eigenvalue weighted by molar-refractivity contribution is 6.26. The lowest BCUT2D eigenvalue weighted by Crippen LogP contribution is -2.30. The van der Waals surface area contributed by atoms with Gasteiger partial charge in [-0.05, 0) is 18.2 Å². The summed E-state index contributed by atoms with van der Waals surface area (Å²) in [6, 6.07) is 4.44. The van der Waals surface area contributed by atoms with Crippen LogP contribution < -0.4 is 17.2 Å². The van der Waals surface area contributed by atoms with Crippen LogP contribution in [0.4, 0.5) is 5.69 Å². The Balaban J connectivity index is 2.73. The molecule has 1 aromatic carbocycles. The number of fused-ring (bicyclic) bond motifs is 1. The minimum atomic E-state index is -0.450. The van der Waals surface area contributed by atoms with Crippen molar-refractivity contribution in [2.24, 2.45) is 11.5 Å². The molecule has 0 aliphatic heterocycles. The number of carbonyl (C=O) groups is 2. The highest BCUT2D eigenvalue weighted by Gasteiger charge is 2.29. The predicted molar refractivity (Wildman–Crippen MR) is 54.9 cm³/mol. The van der Waals surface area contributed by atoms with Gasteiger partial charge in [0.25, 0.3) is 0 Å². The molecule has 0 aromatic heterocycles. The fourth-order valence-electron chi connectivity index (χ4n) is 1.48. The second-order valence-corrected chi connectivity index (χ2v) is 3.29. The van der Waals surface area contributed by atoms with Gasteiger partial charge >= 0.3 is 0 Å². The molecule has 0 atom stereocenters. The third kappa shape index (κ3) is 1.17. The van der Waals surface area contributed by atoms with Crippen LogP contribution in [0.5, 0.6) is 0 Å². The number of rotatable bonds is 0. The highest BCUT2D eigenvalue weighted by atomic mass is 16.1. The van der Waals surface area contributed by atoms with Crippen LogP contribution in [0.1, 0.15) is 20.7 Å². The van der Waals surface area contributed by atoms with Crippen molar-refractivity contribution in [1.82, 2.24) is 0 Å². The van der Waals surface area contributed by atoms with Crippen LogP contribution in [0.25, 0.3) is 0 Å². The third-order valence-corrected chi connectivity index (χ3v) is 2.31. The molecule has 2 rings (SSSR count). The van der Waals surface area contributed by atoms with E-state index in [0.717, 1.165) is 0 Å². The fraction of sp³-hybridized carbons (Fsp3) is 0. The molecule has 0 saturated heterocycles. The zero-order valence-corrected chi connectivity index (χ0v) is 7.78. The topological polar surface area (TPSA) is 112 Å². The minimum Gasteiger partial charge on any atom is -0.399 e. The number of nitrogen functional groups attached to an aromatic ring is 1. The summed E-state index contributed by atoms with van der Waals surface area (Å²) < 4.78 is 0. The average Bonchev–Trinajstić information content (AvgIpc) is 2.23. The van der Waals surface area contributed by atoms with Gasteiger partial charge in [0, 0.05) is 16.8 Å².